The predicted octanol–water partition coefficient (Wildman–Crippen LogP) is 1.99. The zero-order valence-corrected chi connectivity index (χ0v) is 6.11. The maximum atomic E-state index is 3.96. The van der Waals surface area contributed by atoms with Crippen LogP contribution >= 0.6 is 11.8 Å². The summed E-state index contributed by atoms with van der Waals surface area (Å²) in [7, 11) is 0. The number of nitrogens with zero attached hydrogens (tertiary/aromatic N) is 1. The minimum absolute atomic E-state index is 1.05. The lowest BCUT2D eigenvalue weighted by atomic mass is 10.3. The number of pyridine rings is 1. The van der Waals surface area contributed by atoms with Crippen molar-refractivity contribution in [3.05, 3.63) is 30.9 Å². The number of thioether (sulfide) groups is 1. The quantitative estimate of drug-likeness (QED) is 0.550. The second-order valence-electron chi connectivity index (χ2n) is 1.69. The van der Waals surface area contributed by atoms with Crippen LogP contribution in [0.3, 0.4) is 0 Å². The lowest BCUT2D eigenvalue weighted by Crippen LogP contribution is -1.78. The van der Waals surface area contributed by atoms with Gasteiger partial charge in [-0.25, -0.2) is 0 Å². The molecule has 1 rings (SSSR count). The Bertz CT molecular complexity index is 198. The first-order valence-corrected chi connectivity index (χ1v) is 3.87. The summed E-state index contributed by atoms with van der Waals surface area (Å²) < 4.78 is 0. The van der Waals surface area contributed by atoms with Crippen LogP contribution in [0, 0.1) is 6.92 Å². The van der Waals surface area contributed by atoms with Crippen molar-refractivity contribution in [1.29, 1.82) is 0 Å². The molecule has 0 atom stereocenters. The van der Waals surface area contributed by atoms with Gasteiger partial charge < -0.3 is 0 Å². The molecule has 2 heteroatoms. The Morgan fingerprint density at radius 1 is 1.67 bits per heavy atom. The fourth-order valence-electron chi connectivity index (χ4n) is 0.593. The summed E-state index contributed by atoms with van der Waals surface area (Å²) in [6.07, 6.45) is 5.60. The third-order valence-corrected chi connectivity index (χ3v) is 1.90. The molecule has 0 aliphatic rings. The number of hydrogen-bond acceptors (Lipinski definition) is 2. The van der Waals surface area contributed by atoms with Crippen molar-refractivity contribution in [1.82, 2.24) is 4.98 Å². The van der Waals surface area contributed by atoms with E-state index in [0.717, 1.165) is 10.5 Å². The molecule has 0 amide bonds. The molecule has 0 aromatic carbocycles. The van der Waals surface area contributed by atoms with E-state index in [-0.39, 0.29) is 0 Å². The average Bonchev–Trinajstić information content (AvgIpc) is 1.89. The Hall–Kier alpha value is -0.500. The molecule has 0 bridgehead atoms. The molecule has 0 fully saturated rings. The van der Waals surface area contributed by atoms with Crippen molar-refractivity contribution in [2.45, 2.75) is 4.90 Å². The lowest BCUT2D eigenvalue weighted by Gasteiger charge is -1.96. The van der Waals surface area contributed by atoms with Crippen molar-refractivity contribution >= 4 is 11.8 Å². The van der Waals surface area contributed by atoms with Gasteiger partial charge in [0.15, 0.2) is 0 Å². The summed E-state index contributed by atoms with van der Waals surface area (Å²) in [5.41, 5.74) is 1.05. The SMILES string of the molecule is [CH2]c1ccncc1SC. The molecule has 0 N–H and O–H groups in total. The summed E-state index contributed by atoms with van der Waals surface area (Å²) in [5, 5.41) is 0. The second kappa shape index (κ2) is 2.87. The molecular weight excluding hydrogens is 130 g/mol. The molecule has 1 aromatic rings. The van der Waals surface area contributed by atoms with Gasteiger partial charge in [0.2, 0.25) is 0 Å². The predicted molar refractivity (Wildman–Crippen MR) is 40.5 cm³/mol. The maximum Gasteiger partial charge on any atom is 0.0406 e. The third kappa shape index (κ3) is 1.45. The van der Waals surface area contributed by atoms with E-state index in [9.17, 15) is 0 Å². The molecule has 1 radical (unpaired) electrons. The molecule has 1 aromatic heterocycles. The van der Waals surface area contributed by atoms with Crippen LogP contribution in [0.5, 0.6) is 0 Å². The minimum atomic E-state index is 1.05. The largest absolute Gasteiger partial charge is 0.264 e. The van der Waals surface area contributed by atoms with Gasteiger partial charge in [0, 0.05) is 17.3 Å². The van der Waals surface area contributed by atoms with Crippen molar-refractivity contribution in [3.8, 4) is 0 Å². The van der Waals surface area contributed by atoms with E-state index in [1.165, 1.54) is 0 Å². The monoisotopic (exact) mass is 138 g/mol. The van der Waals surface area contributed by atoms with Crippen LogP contribution in [0.2, 0.25) is 0 Å². The van der Waals surface area contributed by atoms with E-state index in [0.29, 0.717) is 0 Å². The topological polar surface area (TPSA) is 12.9 Å². The molecule has 0 saturated heterocycles. The van der Waals surface area contributed by atoms with Crippen molar-refractivity contribution < 1.29 is 0 Å². The van der Waals surface area contributed by atoms with Gasteiger partial charge in [0.1, 0.15) is 0 Å². The standard InChI is InChI=1S/C7H8NS/c1-6-3-4-8-5-7(6)9-2/h3-5H,1H2,2H3. The Morgan fingerprint density at radius 2 is 2.44 bits per heavy atom. The zero-order chi connectivity index (χ0) is 6.69. The van der Waals surface area contributed by atoms with E-state index >= 15 is 0 Å². The average molecular weight is 138 g/mol. The van der Waals surface area contributed by atoms with Gasteiger partial charge in [0.25, 0.3) is 0 Å². The molecule has 1 nitrogen and oxygen atoms in total. The van der Waals surface area contributed by atoms with Gasteiger partial charge >= 0.3 is 0 Å². The molecule has 0 aliphatic carbocycles. The van der Waals surface area contributed by atoms with Gasteiger partial charge in [-0.15, -0.1) is 11.8 Å². The highest BCUT2D eigenvalue weighted by molar-refractivity contribution is 7.98. The van der Waals surface area contributed by atoms with E-state index in [1.807, 2.05) is 18.5 Å². The fourth-order valence-corrected chi connectivity index (χ4v) is 1.09. The Labute approximate surface area is 59.5 Å². The van der Waals surface area contributed by atoms with Gasteiger partial charge in [-0.2, -0.15) is 0 Å². The second-order valence-corrected chi connectivity index (χ2v) is 2.54. The molecule has 0 aliphatic heterocycles. The maximum absolute atomic E-state index is 3.96. The van der Waals surface area contributed by atoms with Gasteiger partial charge in [-0.05, 0) is 24.8 Å². The Kier molecular flexibility index (Phi) is 2.11. The van der Waals surface area contributed by atoms with Crippen LogP contribution in [-0.2, 0) is 0 Å². The summed E-state index contributed by atoms with van der Waals surface area (Å²) in [6.45, 7) is 3.83. The smallest absolute Gasteiger partial charge is 0.0406 e. The van der Waals surface area contributed by atoms with E-state index in [1.54, 1.807) is 18.0 Å². The van der Waals surface area contributed by atoms with Crippen LogP contribution in [0.15, 0.2) is 23.4 Å². The van der Waals surface area contributed by atoms with E-state index < -0.39 is 0 Å². The minimum Gasteiger partial charge on any atom is -0.264 e. The molecule has 47 valence electrons. The summed E-state index contributed by atoms with van der Waals surface area (Å²) in [5.74, 6) is 0. The Morgan fingerprint density at radius 3 is 2.89 bits per heavy atom. The molecule has 0 spiro atoms. The van der Waals surface area contributed by atoms with Crippen molar-refractivity contribution in [2.75, 3.05) is 6.26 Å². The number of aromatic nitrogens is 1. The summed E-state index contributed by atoms with van der Waals surface area (Å²) in [6, 6.07) is 1.91. The van der Waals surface area contributed by atoms with Gasteiger partial charge in [-0.3, -0.25) is 4.98 Å². The summed E-state index contributed by atoms with van der Waals surface area (Å²) in [4.78, 5) is 5.11. The lowest BCUT2D eigenvalue weighted by molar-refractivity contribution is 1.21. The van der Waals surface area contributed by atoms with E-state index in [2.05, 4.69) is 11.9 Å². The normalized spacial score (nSPS) is 9.56. The zero-order valence-electron chi connectivity index (χ0n) is 5.29. The Balaban J connectivity index is 3.01. The highest BCUT2D eigenvalue weighted by Gasteiger charge is 1.91. The molecule has 0 saturated carbocycles. The van der Waals surface area contributed by atoms with Crippen molar-refractivity contribution in [2.24, 2.45) is 0 Å². The summed E-state index contributed by atoms with van der Waals surface area (Å²) >= 11 is 1.67. The van der Waals surface area contributed by atoms with Crippen molar-refractivity contribution in [3.63, 3.8) is 0 Å². The van der Waals surface area contributed by atoms with Gasteiger partial charge in [0.05, 0.1) is 0 Å². The molecule has 9 heavy (non-hydrogen) atoms. The first-order valence-electron chi connectivity index (χ1n) is 2.64. The fraction of sp³-hybridized carbons (Fsp3) is 0.143. The van der Waals surface area contributed by atoms with E-state index in [4.69, 9.17) is 0 Å². The van der Waals surface area contributed by atoms with Crippen LogP contribution in [-0.4, -0.2) is 11.2 Å². The molecular formula is C7H8NS. The van der Waals surface area contributed by atoms with Crippen LogP contribution in [0.25, 0.3) is 0 Å². The van der Waals surface area contributed by atoms with Crippen LogP contribution in [0.1, 0.15) is 5.56 Å². The number of rotatable bonds is 1. The molecule has 1 heterocycles. The third-order valence-electron chi connectivity index (χ3n) is 1.09. The first-order chi connectivity index (χ1) is 4.34. The number of hydrogen-bond donors (Lipinski definition) is 0. The van der Waals surface area contributed by atoms with Crippen LogP contribution < -0.4 is 0 Å². The van der Waals surface area contributed by atoms with Gasteiger partial charge in [-0.1, -0.05) is 0 Å². The molecule has 0 unspecified atom stereocenters. The highest BCUT2D eigenvalue weighted by atomic mass is 32.2. The first kappa shape index (κ1) is 6.62. The highest BCUT2D eigenvalue weighted by Crippen LogP contribution is 2.16. The van der Waals surface area contributed by atoms with Crippen LogP contribution in [0.4, 0.5) is 0 Å².